The van der Waals surface area contributed by atoms with Gasteiger partial charge in [0.25, 0.3) is 0 Å². The minimum atomic E-state index is 0.227. The molecule has 3 rings (SSSR count). The maximum Gasteiger partial charge on any atom is 0.202 e. The highest BCUT2D eigenvalue weighted by Gasteiger charge is 2.22. The summed E-state index contributed by atoms with van der Waals surface area (Å²) in [6, 6.07) is 4.42. The molecule has 0 unspecified atom stereocenters. The molecule has 0 spiro atoms. The highest BCUT2D eigenvalue weighted by molar-refractivity contribution is 5.72. The first-order valence-electron chi connectivity index (χ1n) is 6.16. The van der Waals surface area contributed by atoms with Crippen LogP contribution in [0.25, 0.3) is 11.2 Å². The lowest BCUT2D eigenvalue weighted by molar-refractivity contribution is 0.403. The first-order chi connectivity index (χ1) is 8.33. The molecule has 5 heteroatoms. The third kappa shape index (κ3) is 2.10. The minimum Gasteiger partial charge on any atom is -0.351 e. The molecular formula is C12H17N5. The van der Waals surface area contributed by atoms with Crippen LogP contribution >= 0.6 is 0 Å². The van der Waals surface area contributed by atoms with Crippen molar-refractivity contribution in [2.75, 3.05) is 5.32 Å². The van der Waals surface area contributed by atoms with Gasteiger partial charge in [0.15, 0.2) is 5.65 Å². The fourth-order valence-corrected chi connectivity index (χ4v) is 2.43. The van der Waals surface area contributed by atoms with Gasteiger partial charge in [-0.05, 0) is 25.0 Å². The number of fused-ring (bicyclic) bond motifs is 1. The highest BCUT2D eigenvalue weighted by Crippen LogP contribution is 2.20. The molecule has 0 bridgehead atoms. The number of nitrogens with zero attached hydrogens (tertiary/aromatic N) is 2. The molecule has 17 heavy (non-hydrogen) atoms. The number of pyridine rings is 1. The Bertz CT molecular complexity index is 473. The van der Waals surface area contributed by atoms with Gasteiger partial charge in [-0.2, -0.15) is 4.98 Å². The van der Waals surface area contributed by atoms with Crippen molar-refractivity contribution in [2.24, 2.45) is 5.73 Å². The molecule has 1 fully saturated rings. The lowest BCUT2D eigenvalue weighted by Crippen LogP contribution is -2.42. The van der Waals surface area contributed by atoms with Gasteiger partial charge in [-0.3, -0.25) is 0 Å². The lowest BCUT2D eigenvalue weighted by atomic mass is 9.91. The van der Waals surface area contributed by atoms with E-state index in [2.05, 4.69) is 20.3 Å². The lowest BCUT2D eigenvalue weighted by Gasteiger charge is -2.28. The molecule has 0 amide bonds. The minimum absolute atomic E-state index is 0.227. The van der Waals surface area contributed by atoms with Crippen molar-refractivity contribution in [3.05, 3.63) is 18.3 Å². The summed E-state index contributed by atoms with van der Waals surface area (Å²) in [5.41, 5.74) is 7.81. The number of rotatable bonds is 2. The average molecular weight is 231 g/mol. The summed E-state index contributed by atoms with van der Waals surface area (Å²) >= 11 is 0. The Balaban J connectivity index is 1.79. The quantitative estimate of drug-likeness (QED) is 0.734. The van der Waals surface area contributed by atoms with Crippen LogP contribution in [-0.4, -0.2) is 27.0 Å². The zero-order valence-corrected chi connectivity index (χ0v) is 9.69. The second-order valence-electron chi connectivity index (χ2n) is 4.66. The summed E-state index contributed by atoms with van der Waals surface area (Å²) < 4.78 is 0. The van der Waals surface area contributed by atoms with E-state index in [4.69, 9.17) is 5.73 Å². The molecule has 2 aromatic rings. The summed E-state index contributed by atoms with van der Waals surface area (Å²) in [6.07, 6.45) is 6.44. The zero-order chi connectivity index (χ0) is 11.7. The smallest absolute Gasteiger partial charge is 0.202 e. The van der Waals surface area contributed by atoms with E-state index in [9.17, 15) is 0 Å². The molecule has 90 valence electrons. The molecule has 2 atom stereocenters. The van der Waals surface area contributed by atoms with Crippen LogP contribution in [0.15, 0.2) is 18.3 Å². The number of H-pyrrole nitrogens is 1. The number of imidazole rings is 1. The number of aromatic amines is 1. The van der Waals surface area contributed by atoms with Crippen molar-refractivity contribution < 1.29 is 0 Å². The average Bonchev–Trinajstić information content (AvgIpc) is 2.74. The van der Waals surface area contributed by atoms with Gasteiger partial charge >= 0.3 is 0 Å². The number of nitrogens with one attached hydrogen (secondary N) is 2. The highest BCUT2D eigenvalue weighted by atomic mass is 15.2. The van der Waals surface area contributed by atoms with Crippen LogP contribution in [-0.2, 0) is 0 Å². The summed E-state index contributed by atoms with van der Waals surface area (Å²) in [6.45, 7) is 0. The Hall–Kier alpha value is -1.62. The van der Waals surface area contributed by atoms with E-state index >= 15 is 0 Å². The first kappa shape index (κ1) is 10.5. The third-order valence-corrected chi connectivity index (χ3v) is 3.40. The van der Waals surface area contributed by atoms with Gasteiger partial charge in [-0.1, -0.05) is 12.8 Å². The monoisotopic (exact) mass is 231 g/mol. The van der Waals surface area contributed by atoms with Gasteiger partial charge < -0.3 is 16.0 Å². The van der Waals surface area contributed by atoms with Crippen molar-refractivity contribution in [3.8, 4) is 0 Å². The summed E-state index contributed by atoms with van der Waals surface area (Å²) in [5, 5.41) is 3.39. The van der Waals surface area contributed by atoms with Crippen LogP contribution in [0.2, 0.25) is 0 Å². The van der Waals surface area contributed by atoms with Gasteiger partial charge in [0, 0.05) is 18.3 Å². The van der Waals surface area contributed by atoms with Gasteiger partial charge in [0.1, 0.15) is 0 Å². The van der Waals surface area contributed by atoms with E-state index in [-0.39, 0.29) is 6.04 Å². The van der Waals surface area contributed by atoms with E-state index in [0.717, 1.165) is 30.0 Å². The number of aromatic nitrogens is 3. The predicted octanol–water partition coefficient (Wildman–Crippen LogP) is 1.64. The van der Waals surface area contributed by atoms with Crippen molar-refractivity contribution in [1.29, 1.82) is 0 Å². The Morgan fingerprint density at radius 1 is 1.35 bits per heavy atom. The second kappa shape index (κ2) is 4.33. The van der Waals surface area contributed by atoms with Crippen LogP contribution in [0, 0.1) is 0 Å². The van der Waals surface area contributed by atoms with Crippen LogP contribution < -0.4 is 11.1 Å². The molecule has 2 aromatic heterocycles. The summed E-state index contributed by atoms with van der Waals surface area (Å²) in [7, 11) is 0. The van der Waals surface area contributed by atoms with Crippen LogP contribution in [0.5, 0.6) is 0 Å². The molecular weight excluding hydrogens is 214 g/mol. The number of anilines is 1. The van der Waals surface area contributed by atoms with Crippen molar-refractivity contribution in [1.82, 2.24) is 15.0 Å². The van der Waals surface area contributed by atoms with Gasteiger partial charge in [-0.25, -0.2) is 4.98 Å². The molecule has 1 saturated carbocycles. The Kier molecular flexibility index (Phi) is 2.68. The second-order valence-corrected chi connectivity index (χ2v) is 4.66. The third-order valence-electron chi connectivity index (χ3n) is 3.40. The predicted molar refractivity (Wildman–Crippen MR) is 67.7 cm³/mol. The number of nitrogens with two attached hydrogens (primary N) is 1. The maximum absolute atomic E-state index is 6.10. The number of hydrogen-bond acceptors (Lipinski definition) is 4. The molecule has 4 N–H and O–H groups in total. The summed E-state index contributed by atoms with van der Waals surface area (Å²) in [5.74, 6) is 0.779. The van der Waals surface area contributed by atoms with Crippen molar-refractivity contribution in [2.45, 2.75) is 37.8 Å². The topological polar surface area (TPSA) is 79.6 Å². The van der Waals surface area contributed by atoms with Crippen LogP contribution in [0.3, 0.4) is 0 Å². The largest absolute Gasteiger partial charge is 0.351 e. The standard InChI is InChI=1S/C12H17N5/c13-8-4-1-2-5-9(8)15-12-16-10-6-3-7-14-11(10)17-12/h3,6-9H,1-2,4-5,13H2,(H2,14,15,16,17)/t8-,9+/m0/s1. The number of hydrogen-bond donors (Lipinski definition) is 3. The maximum atomic E-state index is 6.10. The molecule has 1 aliphatic carbocycles. The molecule has 5 nitrogen and oxygen atoms in total. The van der Waals surface area contributed by atoms with Crippen LogP contribution in [0.4, 0.5) is 5.95 Å². The van der Waals surface area contributed by atoms with Crippen LogP contribution in [0.1, 0.15) is 25.7 Å². The Labute approximate surface area is 99.8 Å². The fourth-order valence-electron chi connectivity index (χ4n) is 2.43. The SMILES string of the molecule is N[C@H]1CCCC[C@H]1Nc1nc2ncccc2[nH]1. The van der Waals surface area contributed by atoms with Gasteiger partial charge in [-0.15, -0.1) is 0 Å². The molecule has 0 saturated heterocycles. The van der Waals surface area contributed by atoms with E-state index in [1.54, 1.807) is 6.20 Å². The van der Waals surface area contributed by atoms with E-state index in [1.807, 2.05) is 12.1 Å². The Morgan fingerprint density at radius 3 is 3.06 bits per heavy atom. The van der Waals surface area contributed by atoms with Crippen molar-refractivity contribution in [3.63, 3.8) is 0 Å². The molecule has 1 aliphatic rings. The first-order valence-corrected chi connectivity index (χ1v) is 6.16. The molecule has 0 aromatic carbocycles. The molecule has 2 heterocycles. The molecule has 0 radical (unpaired) electrons. The van der Waals surface area contributed by atoms with E-state index < -0.39 is 0 Å². The fraction of sp³-hybridized carbons (Fsp3) is 0.500. The Morgan fingerprint density at radius 2 is 2.24 bits per heavy atom. The van der Waals surface area contributed by atoms with Gasteiger partial charge in [0.2, 0.25) is 5.95 Å². The van der Waals surface area contributed by atoms with Crippen molar-refractivity contribution >= 4 is 17.1 Å². The summed E-state index contributed by atoms with van der Waals surface area (Å²) in [4.78, 5) is 11.8. The van der Waals surface area contributed by atoms with E-state index in [0.29, 0.717) is 6.04 Å². The van der Waals surface area contributed by atoms with E-state index in [1.165, 1.54) is 12.8 Å². The zero-order valence-electron chi connectivity index (χ0n) is 9.69. The normalized spacial score (nSPS) is 25.0. The van der Waals surface area contributed by atoms with Gasteiger partial charge in [0.05, 0.1) is 5.52 Å². The molecule has 0 aliphatic heterocycles.